The zero-order valence-corrected chi connectivity index (χ0v) is 12.2. The third kappa shape index (κ3) is 2.20. The van der Waals surface area contributed by atoms with Crippen molar-refractivity contribution >= 4 is 11.8 Å². The van der Waals surface area contributed by atoms with Crippen LogP contribution in [0.2, 0.25) is 0 Å². The van der Waals surface area contributed by atoms with Crippen LogP contribution < -0.4 is 9.47 Å². The van der Waals surface area contributed by atoms with Gasteiger partial charge in [-0.15, -0.1) is 0 Å². The smallest absolute Gasteiger partial charge is 0.339 e. The summed E-state index contributed by atoms with van der Waals surface area (Å²) in [7, 11) is 3.03. The van der Waals surface area contributed by atoms with Crippen LogP contribution in [0.4, 0.5) is 0 Å². The number of Topliss-reactive ketones (excluding diaryl/α,β-unsaturated/α-hetero) is 1. The van der Waals surface area contributed by atoms with Gasteiger partial charge in [-0.1, -0.05) is 18.2 Å². The molecule has 0 radical (unpaired) electrons. The molecule has 0 bridgehead atoms. The Kier molecular flexibility index (Phi) is 3.55. The number of hydrogen-bond donors (Lipinski definition) is 0. The molecule has 0 spiro atoms. The van der Waals surface area contributed by atoms with Crippen LogP contribution in [0.15, 0.2) is 42.5 Å². The fraction of sp³-hybridized carbons (Fsp3) is 0.176. The molecule has 0 amide bonds. The molecule has 1 aliphatic heterocycles. The van der Waals surface area contributed by atoms with Gasteiger partial charge in [-0.25, -0.2) is 4.79 Å². The molecule has 5 heteroatoms. The molecule has 112 valence electrons. The van der Waals surface area contributed by atoms with Gasteiger partial charge in [0.05, 0.1) is 19.8 Å². The molecular formula is C17H14O5. The quantitative estimate of drug-likeness (QED) is 0.815. The SMILES string of the molecule is COc1ccc(C2OC(=O)c3ccccc3C2=O)c(OC)c1. The van der Waals surface area contributed by atoms with Crippen LogP contribution in [0.25, 0.3) is 0 Å². The highest BCUT2D eigenvalue weighted by atomic mass is 16.6. The minimum atomic E-state index is -1.01. The van der Waals surface area contributed by atoms with E-state index < -0.39 is 12.1 Å². The maximum atomic E-state index is 12.6. The third-order valence-electron chi connectivity index (χ3n) is 3.60. The average molecular weight is 298 g/mol. The van der Waals surface area contributed by atoms with Gasteiger partial charge in [-0.3, -0.25) is 4.79 Å². The van der Waals surface area contributed by atoms with Crippen molar-refractivity contribution in [2.45, 2.75) is 6.10 Å². The van der Waals surface area contributed by atoms with Gasteiger partial charge in [0.2, 0.25) is 5.78 Å². The number of ether oxygens (including phenoxy) is 3. The topological polar surface area (TPSA) is 61.8 Å². The van der Waals surface area contributed by atoms with Crippen LogP contribution in [0.1, 0.15) is 32.4 Å². The van der Waals surface area contributed by atoms with Crippen LogP contribution in [0, 0.1) is 0 Å². The van der Waals surface area contributed by atoms with E-state index in [2.05, 4.69) is 0 Å². The second-order valence-electron chi connectivity index (χ2n) is 4.80. The molecule has 5 nitrogen and oxygen atoms in total. The molecule has 2 aromatic carbocycles. The van der Waals surface area contributed by atoms with Crippen molar-refractivity contribution in [1.29, 1.82) is 0 Å². The summed E-state index contributed by atoms with van der Waals surface area (Å²) in [6.45, 7) is 0. The number of ketones is 1. The van der Waals surface area contributed by atoms with Gasteiger partial charge in [0.25, 0.3) is 0 Å². The fourth-order valence-corrected chi connectivity index (χ4v) is 2.48. The first-order valence-electron chi connectivity index (χ1n) is 6.72. The summed E-state index contributed by atoms with van der Waals surface area (Å²) in [6.07, 6.45) is -1.01. The monoisotopic (exact) mass is 298 g/mol. The van der Waals surface area contributed by atoms with Gasteiger partial charge in [0.1, 0.15) is 11.5 Å². The number of cyclic esters (lactones) is 1. The van der Waals surface area contributed by atoms with Gasteiger partial charge < -0.3 is 14.2 Å². The molecular weight excluding hydrogens is 284 g/mol. The molecule has 1 atom stereocenters. The van der Waals surface area contributed by atoms with Gasteiger partial charge in [0.15, 0.2) is 6.10 Å². The molecule has 2 aromatic rings. The molecule has 1 heterocycles. The summed E-state index contributed by atoms with van der Waals surface area (Å²) < 4.78 is 15.7. The lowest BCUT2D eigenvalue weighted by Gasteiger charge is -2.24. The van der Waals surface area contributed by atoms with Gasteiger partial charge in [-0.2, -0.15) is 0 Å². The molecule has 0 saturated heterocycles. The molecule has 0 fully saturated rings. The Morgan fingerprint density at radius 1 is 0.955 bits per heavy atom. The maximum absolute atomic E-state index is 12.6. The van der Waals surface area contributed by atoms with Crippen LogP contribution in [-0.2, 0) is 4.74 Å². The van der Waals surface area contributed by atoms with Gasteiger partial charge >= 0.3 is 5.97 Å². The number of rotatable bonds is 3. The Hall–Kier alpha value is -2.82. The predicted octanol–water partition coefficient (Wildman–Crippen LogP) is 2.80. The highest BCUT2D eigenvalue weighted by Crippen LogP contribution is 2.36. The van der Waals surface area contributed by atoms with E-state index >= 15 is 0 Å². The fourth-order valence-electron chi connectivity index (χ4n) is 2.48. The number of benzene rings is 2. The van der Waals surface area contributed by atoms with E-state index in [0.29, 0.717) is 22.6 Å². The molecule has 0 saturated carbocycles. The molecule has 1 aliphatic rings. The Bertz CT molecular complexity index is 750. The number of esters is 1. The normalized spacial score (nSPS) is 16.7. The standard InChI is InChI=1S/C17H14O5/c1-20-10-7-8-13(14(9-10)21-2)16-15(18)11-5-3-4-6-12(11)17(19)22-16/h3-9,16H,1-2H3. The predicted molar refractivity (Wildman–Crippen MR) is 78.5 cm³/mol. The van der Waals surface area contributed by atoms with Crippen LogP contribution in [0.3, 0.4) is 0 Å². The second kappa shape index (κ2) is 5.52. The van der Waals surface area contributed by atoms with Gasteiger partial charge in [-0.05, 0) is 18.2 Å². The number of hydrogen-bond acceptors (Lipinski definition) is 5. The minimum Gasteiger partial charge on any atom is -0.497 e. The lowest BCUT2D eigenvalue weighted by molar-refractivity contribution is 0.0238. The highest BCUT2D eigenvalue weighted by Gasteiger charge is 2.36. The lowest BCUT2D eigenvalue weighted by Crippen LogP contribution is -2.28. The van der Waals surface area contributed by atoms with Crippen molar-refractivity contribution < 1.29 is 23.8 Å². The van der Waals surface area contributed by atoms with E-state index in [9.17, 15) is 9.59 Å². The molecule has 0 aromatic heterocycles. The summed E-state index contributed by atoms with van der Waals surface area (Å²) in [4.78, 5) is 24.7. The van der Waals surface area contributed by atoms with Crippen LogP contribution in [-0.4, -0.2) is 26.0 Å². The highest BCUT2D eigenvalue weighted by molar-refractivity contribution is 6.12. The lowest BCUT2D eigenvalue weighted by atomic mass is 9.93. The summed E-state index contributed by atoms with van der Waals surface area (Å²) >= 11 is 0. The maximum Gasteiger partial charge on any atom is 0.339 e. The number of carbonyl (C=O) groups excluding carboxylic acids is 2. The van der Waals surface area contributed by atoms with Crippen LogP contribution >= 0.6 is 0 Å². The first-order valence-corrected chi connectivity index (χ1v) is 6.72. The first kappa shape index (κ1) is 14.1. The Morgan fingerprint density at radius 3 is 2.36 bits per heavy atom. The number of carbonyl (C=O) groups is 2. The average Bonchev–Trinajstić information content (AvgIpc) is 2.57. The Labute approximate surface area is 127 Å². The van der Waals surface area contributed by atoms with E-state index in [-0.39, 0.29) is 11.3 Å². The first-order chi connectivity index (χ1) is 10.7. The van der Waals surface area contributed by atoms with Crippen molar-refractivity contribution in [2.24, 2.45) is 0 Å². The summed E-state index contributed by atoms with van der Waals surface area (Å²) in [5.41, 5.74) is 1.15. The number of methoxy groups -OCH3 is 2. The summed E-state index contributed by atoms with van der Waals surface area (Å²) in [5.74, 6) is 0.247. The largest absolute Gasteiger partial charge is 0.497 e. The summed E-state index contributed by atoms with van der Waals surface area (Å²) in [6, 6.07) is 11.6. The van der Waals surface area contributed by atoms with E-state index in [1.54, 1.807) is 42.5 Å². The van der Waals surface area contributed by atoms with E-state index in [0.717, 1.165) is 0 Å². The molecule has 3 rings (SSSR count). The van der Waals surface area contributed by atoms with Crippen molar-refractivity contribution in [3.63, 3.8) is 0 Å². The zero-order chi connectivity index (χ0) is 15.7. The molecule has 22 heavy (non-hydrogen) atoms. The third-order valence-corrected chi connectivity index (χ3v) is 3.60. The van der Waals surface area contributed by atoms with E-state index in [1.165, 1.54) is 14.2 Å². The zero-order valence-electron chi connectivity index (χ0n) is 12.2. The minimum absolute atomic E-state index is 0.265. The summed E-state index contributed by atoms with van der Waals surface area (Å²) in [5, 5.41) is 0. The molecule has 1 unspecified atom stereocenters. The molecule has 0 aliphatic carbocycles. The molecule has 0 N–H and O–H groups in total. The van der Waals surface area contributed by atoms with Gasteiger partial charge in [0, 0.05) is 17.2 Å². The second-order valence-corrected chi connectivity index (χ2v) is 4.80. The van der Waals surface area contributed by atoms with Crippen molar-refractivity contribution in [2.75, 3.05) is 14.2 Å². The Morgan fingerprint density at radius 2 is 1.68 bits per heavy atom. The van der Waals surface area contributed by atoms with Crippen molar-refractivity contribution in [3.05, 3.63) is 59.2 Å². The van der Waals surface area contributed by atoms with E-state index in [4.69, 9.17) is 14.2 Å². The van der Waals surface area contributed by atoms with Crippen LogP contribution in [0.5, 0.6) is 11.5 Å². The van der Waals surface area contributed by atoms with E-state index in [1.807, 2.05) is 0 Å². The number of fused-ring (bicyclic) bond motifs is 1. The van der Waals surface area contributed by atoms with Crippen molar-refractivity contribution in [3.8, 4) is 11.5 Å². The Balaban J connectivity index is 2.07. The van der Waals surface area contributed by atoms with Crippen molar-refractivity contribution in [1.82, 2.24) is 0 Å².